The number of carboxylic acid groups (broad SMARTS) is 1. The first-order chi connectivity index (χ1) is 11.5. The molecule has 1 aromatic rings. The number of nitrogens with zero attached hydrogens (tertiary/aromatic N) is 2. The summed E-state index contributed by atoms with van der Waals surface area (Å²) in [5, 5.41) is 25.4. The third-order valence-electron chi connectivity index (χ3n) is 4.59. The van der Waals surface area contributed by atoms with Crippen molar-refractivity contribution < 1.29 is 15.0 Å². The van der Waals surface area contributed by atoms with Gasteiger partial charge in [0.2, 0.25) is 5.88 Å². The van der Waals surface area contributed by atoms with E-state index < -0.39 is 18.2 Å². The van der Waals surface area contributed by atoms with E-state index in [9.17, 15) is 14.7 Å². The highest BCUT2D eigenvalue weighted by molar-refractivity contribution is 5.82. The molecule has 2 fully saturated rings. The lowest BCUT2D eigenvalue weighted by molar-refractivity contribution is -0.137. The Morgan fingerprint density at radius 3 is 2.54 bits per heavy atom. The number of hydrogen-bond donors (Lipinski definition) is 5. The van der Waals surface area contributed by atoms with Crippen molar-refractivity contribution in [3.05, 3.63) is 16.2 Å². The summed E-state index contributed by atoms with van der Waals surface area (Å²) < 4.78 is 0.814. The molecule has 0 unspecified atom stereocenters. The fourth-order valence-electron chi connectivity index (χ4n) is 3.38. The van der Waals surface area contributed by atoms with Gasteiger partial charge < -0.3 is 25.8 Å². The molecule has 2 heterocycles. The molecule has 24 heavy (non-hydrogen) atoms. The number of rotatable bonds is 6. The SMILES string of the molecule is O=C(O)Cn1c(O)c(CCCN=C2N[C@H]3CCCC[C@H]3N2)[nH]c1=O. The molecule has 1 aliphatic heterocycles. The minimum atomic E-state index is -1.18. The van der Waals surface area contributed by atoms with Gasteiger partial charge in [-0.05, 0) is 25.7 Å². The molecule has 0 spiro atoms. The topological polar surface area (TPSA) is 132 Å². The summed E-state index contributed by atoms with van der Waals surface area (Å²) in [4.78, 5) is 29.3. The van der Waals surface area contributed by atoms with Gasteiger partial charge in [0, 0.05) is 18.6 Å². The molecule has 3 rings (SSSR count). The van der Waals surface area contributed by atoms with Crippen LogP contribution in [0, 0.1) is 0 Å². The van der Waals surface area contributed by atoms with Gasteiger partial charge in [-0.25, -0.2) is 4.79 Å². The normalized spacial score (nSPS) is 24.4. The Morgan fingerprint density at radius 2 is 1.92 bits per heavy atom. The van der Waals surface area contributed by atoms with Crippen LogP contribution < -0.4 is 16.3 Å². The van der Waals surface area contributed by atoms with E-state index in [4.69, 9.17) is 5.11 Å². The third-order valence-corrected chi connectivity index (χ3v) is 4.59. The first kappa shape index (κ1) is 16.4. The number of hydrogen-bond acceptors (Lipinski definition) is 4. The zero-order chi connectivity index (χ0) is 17.1. The first-order valence-corrected chi connectivity index (χ1v) is 8.34. The molecule has 2 aliphatic rings. The van der Waals surface area contributed by atoms with Crippen molar-refractivity contribution in [2.24, 2.45) is 4.99 Å². The zero-order valence-electron chi connectivity index (χ0n) is 13.4. The lowest BCUT2D eigenvalue weighted by Gasteiger charge is -2.23. The van der Waals surface area contributed by atoms with Gasteiger partial charge >= 0.3 is 11.7 Å². The van der Waals surface area contributed by atoms with Gasteiger partial charge in [-0.2, -0.15) is 0 Å². The van der Waals surface area contributed by atoms with Gasteiger partial charge in [-0.15, -0.1) is 0 Å². The summed E-state index contributed by atoms with van der Waals surface area (Å²) in [7, 11) is 0. The monoisotopic (exact) mass is 337 g/mol. The Morgan fingerprint density at radius 1 is 1.25 bits per heavy atom. The molecule has 1 aliphatic carbocycles. The fourth-order valence-corrected chi connectivity index (χ4v) is 3.38. The van der Waals surface area contributed by atoms with E-state index in [0.29, 0.717) is 37.2 Å². The predicted octanol–water partition coefficient (Wildman–Crippen LogP) is -0.241. The molecule has 9 nitrogen and oxygen atoms in total. The van der Waals surface area contributed by atoms with Gasteiger partial charge in [-0.3, -0.25) is 14.4 Å². The van der Waals surface area contributed by atoms with E-state index in [1.807, 2.05) is 0 Å². The molecule has 1 aromatic heterocycles. The Bertz CT molecular complexity index is 677. The van der Waals surface area contributed by atoms with Crippen LogP contribution in [0.15, 0.2) is 9.79 Å². The number of aromatic nitrogens is 2. The molecule has 132 valence electrons. The Labute approximate surface area is 138 Å². The number of fused-ring (bicyclic) bond motifs is 1. The second-order valence-electron chi connectivity index (χ2n) is 6.33. The Balaban J connectivity index is 1.51. The number of aliphatic carboxylic acids is 1. The largest absolute Gasteiger partial charge is 0.493 e. The molecule has 0 radical (unpaired) electrons. The number of carbonyl (C=O) groups is 1. The van der Waals surface area contributed by atoms with Crippen molar-refractivity contribution in [1.82, 2.24) is 20.2 Å². The van der Waals surface area contributed by atoms with Gasteiger partial charge in [-0.1, -0.05) is 12.8 Å². The molecule has 1 saturated carbocycles. The molecular formula is C15H23N5O4. The molecule has 9 heteroatoms. The summed E-state index contributed by atoms with van der Waals surface area (Å²) in [6.45, 7) is 0.000435. The number of carboxylic acids is 1. The number of aromatic amines is 1. The van der Waals surface area contributed by atoms with E-state index in [1.54, 1.807) is 0 Å². The highest BCUT2D eigenvalue weighted by atomic mass is 16.4. The summed E-state index contributed by atoms with van der Waals surface area (Å²) >= 11 is 0. The molecule has 2 atom stereocenters. The Kier molecular flexibility index (Phi) is 4.77. The molecule has 0 amide bonds. The van der Waals surface area contributed by atoms with Crippen LogP contribution >= 0.6 is 0 Å². The molecular weight excluding hydrogens is 314 g/mol. The van der Waals surface area contributed by atoms with Crippen molar-refractivity contribution >= 4 is 11.9 Å². The lowest BCUT2D eigenvalue weighted by Crippen LogP contribution is -2.36. The van der Waals surface area contributed by atoms with Gasteiger partial charge in [0.05, 0.1) is 5.69 Å². The highest BCUT2D eigenvalue weighted by Gasteiger charge is 2.31. The lowest BCUT2D eigenvalue weighted by atomic mass is 9.92. The van der Waals surface area contributed by atoms with Crippen molar-refractivity contribution in [2.45, 2.75) is 57.2 Å². The van der Waals surface area contributed by atoms with Crippen LogP contribution in [0.1, 0.15) is 37.8 Å². The number of imidazole rings is 1. The third kappa shape index (κ3) is 3.55. The van der Waals surface area contributed by atoms with E-state index in [0.717, 1.165) is 10.5 Å². The maximum atomic E-state index is 11.6. The van der Waals surface area contributed by atoms with Crippen LogP contribution in [-0.4, -0.2) is 50.3 Å². The molecule has 0 bridgehead atoms. The quantitative estimate of drug-likeness (QED) is 0.455. The van der Waals surface area contributed by atoms with E-state index in [-0.39, 0.29) is 5.88 Å². The number of H-pyrrole nitrogens is 1. The van der Waals surface area contributed by atoms with Gasteiger partial charge in [0.25, 0.3) is 0 Å². The van der Waals surface area contributed by atoms with Crippen LogP contribution in [0.5, 0.6) is 5.88 Å². The van der Waals surface area contributed by atoms with Crippen molar-refractivity contribution in [3.63, 3.8) is 0 Å². The van der Waals surface area contributed by atoms with Gasteiger partial charge in [0.15, 0.2) is 5.96 Å². The molecule has 0 aromatic carbocycles. The van der Waals surface area contributed by atoms with Crippen molar-refractivity contribution in [2.75, 3.05) is 6.54 Å². The van der Waals surface area contributed by atoms with Crippen LogP contribution in [0.25, 0.3) is 0 Å². The number of guanidine groups is 1. The molecule has 5 N–H and O–H groups in total. The summed E-state index contributed by atoms with van der Waals surface area (Å²) in [5.41, 5.74) is -0.262. The average molecular weight is 337 g/mol. The summed E-state index contributed by atoms with van der Waals surface area (Å²) in [6, 6.07) is 0.950. The first-order valence-electron chi connectivity index (χ1n) is 8.34. The second kappa shape index (κ2) is 6.98. The minimum Gasteiger partial charge on any atom is -0.493 e. The minimum absolute atomic E-state index is 0.307. The summed E-state index contributed by atoms with van der Waals surface area (Å²) in [5.74, 6) is -0.657. The second-order valence-corrected chi connectivity index (χ2v) is 6.33. The summed E-state index contributed by atoms with van der Waals surface area (Å²) in [6.07, 6.45) is 5.91. The maximum Gasteiger partial charge on any atom is 0.329 e. The smallest absolute Gasteiger partial charge is 0.329 e. The van der Waals surface area contributed by atoms with Crippen LogP contribution in [0.4, 0.5) is 0 Å². The van der Waals surface area contributed by atoms with E-state index in [2.05, 4.69) is 20.6 Å². The average Bonchev–Trinajstić information content (AvgIpc) is 3.07. The standard InChI is InChI=1S/C15H23N5O4/c21-12(22)8-20-13(23)11(19-15(20)24)6-3-7-16-14-17-9-4-1-2-5-10(9)18-14/h9-10,23H,1-8H2,(H,19,24)(H,21,22)(H2,16,17,18)/t9-,10+. The predicted molar refractivity (Wildman–Crippen MR) is 87.3 cm³/mol. The van der Waals surface area contributed by atoms with Gasteiger partial charge in [0.1, 0.15) is 6.54 Å². The number of aryl methyl sites for hydroxylation is 1. The van der Waals surface area contributed by atoms with Crippen molar-refractivity contribution in [3.8, 4) is 5.88 Å². The fraction of sp³-hybridized carbons (Fsp3) is 0.667. The maximum absolute atomic E-state index is 11.6. The van der Waals surface area contributed by atoms with Crippen molar-refractivity contribution in [1.29, 1.82) is 0 Å². The molecule has 1 saturated heterocycles. The van der Waals surface area contributed by atoms with E-state index >= 15 is 0 Å². The van der Waals surface area contributed by atoms with Crippen LogP contribution in [0.2, 0.25) is 0 Å². The zero-order valence-corrected chi connectivity index (χ0v) is 13.4. The number of nitrogens with one attached hydrogen (secondary N) is 3. The van der Waals surface area contributed by atoms with Crippen LogP contribution in [-0.2, 0) is 17.8 Å². The highest BCUT2D eigenvalue weighted by Crippen LogP contribution is 2.21. The number of aliphatic imine (C=N–C) groups is 1. The van der Waals surface area contributed by atoms with Crippen LogP contribution in [0.3, 0.4) is 0 Å². The Hall–Kier alpha value is -2.45. The van der Waals surface area contributed by atoms with E-state index in [1.165, 1.54) is 25.7 Å². The number of aromatic hydroxyl groups is 1.